The number of thiocarbonyl (C=S) groups is 1. The van der Waals surface area contributed by atoms with Crippen LogP contribution in [-0.2, 0) is 6.54 Å². The van der Waals surface area contributed by atoms with Crippen LogP contribution in [0.1, 0.15) is 30.3 Å². The Labute approximate surface area is 108 Å². The van der Waals surface area contributed by atoms with Gasteiger partial charge in [0.25, 0.3) is 0 Å². The van der Waals surface area contributed by atoms with Crippen LogP contribution in [0.5, 0.6) is 0 Å². The van der Waals surface area contributed by atoms with Crippen molar-refractivity contribution in [2.24, 2.45) is 5.73 Å². The first-order valence-corrected chi connectivity index (χ1v) is 6.00. The monoisotopic (exact) mass is 247 g/mol. The third-order valence-electron chi connectivity index (χ3n) is 2.75. The lowest BCUT2D eigenvalue weighted by molar-refractivity contribution is 0.648. The Hall–Kier alpha value is -1.60. The molecule has 0 radical (unpaired) electrons. The molecule has 0 atom stereocenters. The summed E-state index contributed by atoms with van der Waals surface area (Å²) in [6.45, 7) is 7.24. The highest BCUT2D eigenvalue weighted by Crippen LogP contribution is 2.18. The Morgan fingerprint density at radius 3 is 2.71 bits per heavy atom. The predicted molar refractivity (Wildman–Crippen MR) is 74.6 cm³/mol. The van der Waals surface area contributed by atoms with Gasteiger partial charge in [-0.2, -0.15) is 5.26 Å². The zero-order valence-electron chi connectivity index (χ0n) is 10.4. The number of nitrogens with two attached hydrogens (primary N) is 1. The van der Waals surface area contributed by atoms with Gasteiger partial charge >= 0.3 is 0 Å². The van der Waals surface area contributed by atoms with E-state index in [4.69, 9.17) is 23.2 Å². The molecule has 3 nitrogen and oxygen atoms in total. The minimum Gasteiger partial charge on any atom is -0.389 e. The highest BCUT2D eigenvalue weighted by molar-refractivity contribution is 7.80. The van der Waals surface area contributed by atoms with E-state index in [-0.39, 0.29) is 4.99 Å². The number of aromatic nitrogens is 1. The molecule has 0 spiro atoms. The molecule has 2 N–H and O–H groups in total. The lowest BCUT2D eigenvalue weighted by Crippen LogP contribution is -2.09. The Kier molecular flexibility index (Phi) is 4.47. The molecule has 90 valence electrons. The molecule has 4 heteroatoms. The summed E-state index contributed by atoms with van der Waals surface area (Å²) in [4.78, 5) is 0.146. The molecular formula is C13H17N3S. The van der Waals surface area contributed by atoms with Crippen LogP contribution in [0.4, 0.5) is 0 Å². The second-order valence-electron chi connectivity index (χ2n) is 4.01. The van der Waals surface area contributed by atoms with Crippen molar-refractivity contribution in [1.82, 2.24) is 4.57 Å². The Morgan fingerprint density at radius 1 is 1.59 bits per heavy atom. The quantitative estimate of drug-likeness (QED) is 0.505. The normalized spacial score (nSPS) is 11.3. The number of aryl methyl sites for hydroxylation is 1. The summed E-state index contributed by atoms with van der Waals surface area (Å²) < 4.78 is 2.24. The SMILES string of the molecule is CCCn1c(C)cc(C=C(C#N)C(N)=S)c1C. The number of nitrogens with zero attached hydrogens (tertiary/aromatic N) is 2. The van der Waals surface area contributed by atoms with Gasteiger partial charge in [-0.25, -0.2) is 0 Å². The van der Waals surface area contributed by atoms with E-state index in [1.807, 2.05) is 13.0 Å². The molecule has 0 aromatic carbocycles. The Morgan fingerprint density at radius 2 is 2.24 bits per heavy atom. The van der Waals surface area contributed by atoms with E-state index in [9.17, 15) is 0 Å². The first-order valence-electron chi connectivity index (χ1n) is 5.59. The van der Waals surface area contributed by atoms with Crippen molar-refractivity contribution in [3.05, 3.63) is 28.6 Å². The molecule has 0 aliphatic carbocycles. The van der Waals surface area contributed by atoms with E-state index in [1.54, 1.807) is 6.08 Å². The molecule has 1 aromatic rings. The highest BCUT2D eigenvalue weighted by atomic mass is 32.1. The Bertz CT molecular complexity index is 503. The first-order chi connectivity index (χ1) is 8.01. The average Bonchev–Trinajstić information content (AvgIpc) is 2.53. The summed E-state index contributed by atoms with van der Waals surface area (Å²) in [5.74, 6) is 0. The maximum atomic E-state index is 8.94. The minimum absolute atomic E-state index is 0.146. The summed E-state index contributed by atoms with van der Waals surface area (Å²) in [5.41, 5.74) is 9.19. The van der Waals surface area contributed by atoms with Crippen molar-refractivity contribution in [1.29, 1.82) is 5.26 Å². The molecule has 17 heavy (non-hydrogen) atoms. The summed E-state index contributed by atoms with van der Waals surface area (Å²) in [7, 11) is 0. The van der Waals surface area contributed by atoms with Gasteiger partial charge in [-0.3, -0.25) is 0 Å². The number of hydrogen-bond acceptors (Lipinski definition) is 2. The van der Waals surface area contributed by atoms with Crippen LogP contribution in [0.25, 0.3) is 6.08 Å². The zero-order chi connectivity index (χ0) is 13.0. The van der Waals surface area contributed by atoms with Crippen LogP contribution in [0.15, 0.2) is 11.6 Å². The van der Waals surface area contributed by atoms with Gasteiger partial charge in [-0.15, -0.1) is 0 Å². The fraction of sp³-hybridized carbons (Fsp3) is 0.385. The van der Waals surface area contributed by atoms with Crippen molar-refractivity contribution in [2.75, 3.05) is 0 Å². The largest absolute Gasteiger partial charge is 0.389 e. The molecule has 0 unspecified atom stereocenters. The standard InChI is InChI=1S/C13H17N3S/c1-4-5-16-9(2)6-11(10(16)3)7-12(8-14)13(15)17/h6-7H,4-5H2,1-3H3,(H2,15,17). The van der Waals surface area contributed by atoms with Crippen molar-refractivity contribution in [3.63, 3.8) is 0 Å². The molecular weight excluding hydrogens is 230 g/mol. The lowest BCUT2D eigenvalue weighted by atomic mass is 10.1. The van der Waals surface area contributed by atoms with Crippen molar-refractivity contribution in [2.45, 2.75) is 33.7 Å². The summed E-state index contributed by atoms with van der Waals surface area (Å²) in [6, 6.07) is 4.08. The van der Waals surface area contributed by atoms with Crippen LogP contribution >= 0.6 is 12.2 Å². The fourth-order valence-electron chi connectivity index (χ4n) is 1.86. The molecule has 0 aliphatic heterocycles. The number of hydrogen-bond donors (Lipinski definition) is 1. The molecule has 0 saturated carbocycles. The second-order valence-corrected chi connectivity index (χ2v) is 4.45. The van der Waals surface area contributed by atoms with E-state index in [0.717, 1.165) is 24.2 Å². The molecule has 0 bridgehead atoms. The van der Waals surface area contributed by atoms with Crippen molar-refractivity contribution in [3.8, 4) is 6.07 Å². The summed E-state index contributed by atoms with van der Waals surface area (Å²) in [6.07, 6.45) is 2.84. The van der Waals surface area contributed by atoms with Crippen LogP contribution < -0.4 is 5.73 Å². The molecule has 1 rings (SSSR count). The fourth-order valence-corrected chi connectivity index (χ4v) is 1.96. The van der Waals surface area contributed by atoms with Gasteiger partial charge in [-0.05, 0) is 38.0 Å². The van der Waals surface area contributed by atoms with Crippen molar-refractivity contribution < 1.29 is 0 Å². The van der Waals surface area contributed by atoms with Gasteiger partial charge in [-0.1, -0.05) is 19.1 Å². The molecule has 1 heterocycles. The first kappa shape index (κ1) is 13.5. The molecule has 0 amide bonds. The van der Waals surface area contributed by atoms with E-state index in [2.05, 4.69) is 24.5 Å². The van der Waals surface area contributed by atoms with Gasteiger partial charge in [0, 0.05) is 17.9 Å². The van der Waals surface area contributed by atoms with Crippen molar-refractivity contribution >= 4 is 23.3 Å². The maximum absolute atomic E-state index is 8.94. The van der Waals surface area contributed by atoms with E-state index in [0.29, 0.717) is 5.57 Å². The van der Waals surface area contributed by atoms with Crippen LogP contribution in [0.2, 0.25) is 0 Å². The van der Waals surface area contributed by atoms with E-state index in [1.165, 1.54) is 5.69 Å². The molecule has 0 fully saturated rings. The van der Waals surface area contributed by atoms with Crippen LogP contribution in [-0.4, -0.2) is 9.56 Å². The molecule has 1 aromatic heterocycles. The average molecular weight is 247 g/mol. The van der Waals surface area contributed by atoms with Gasteiger partial charge < -0.3 is 10.3 Å². The maximum Gasteiger partial charge on any atom is 0.114 e. The van der Waals surface area contributed by atoms with Gasteiger partial charge in [0.1, 0.15) is 11.1 Å². The number of rotatable bonds is 4. The van der Waals surface area contributed by atoms with Crippen LogP contribution in [0, 0.1) is 25.2 Å². The summed E-state index contributed by atoms with van der Waals surface area (Å²) >= 11 is 4.83. The minimum atomic E-state index is 0.146. The second kappa shape index (κ2) is 5.65. The third kappa shape index (κ3) is 2.95. The van der Waals surface area contributed by atoms with Crippen LogP contribution in [0.3, 0.4) is 0 Å². The molecule has 0 aliphatic rings. The molecule has 0 saturated heterocycles. The third-order valence-corrected chi connectivity index (χ3v) is 2.97. The number of nitriles is 1. The Balaban J connectivity index is 3.21. The smallest absolute Gasteiger partial charge is 0.114 e. The van der Waals surface area contributed by atoms with E-state index < -0.39 is 0 Å². The van der Waals surface area contributed by atoms with Gasteiger partial charge in [0.15, 0.2) is 0 Å². The lowest BCUT2D eigenvalue weighted by Gasteiger charge is -2.06. The topological polar surface area (TPSA) is 54.7 Å². The summed E-state index contributed by atoms with van der Waals surface area (Å²) in [5, 5.41) is 8.94. The predicted octanol–water partition coefficient (Wildman–Crippen LogP) is 2.71. The zero-order valence-corrected chi connectivity index (χ0v) is 11.3. The van der Waals surface area contributed by atoms with E-state index >= 15 is 0 Å². The van der Waals surface area contributed by atoms with Gasteiger partial charge in [0.2, 0.25) is 0 Å². The van der Waals surface area contributed by atoms with Gasteiger partial charge in [0.05, 0.1) is 5.57 Å². The highest BCUT2D eigenvalue weighted by Gasteiger charge is 2.08.